The van der Waals surface area contributed by atoms with Crippen LogP contribution in [-0.4, -0.2) is 11.8 Å². The molecule has 0 heterocycles. The summed E-state index contributed by atoms with van der Waals surface area (Å²) in [5.74, 6) is -1.48. The minimum atomic E-state index is -4.68. The summed E-state index contributed by atoms with van der Waals surface area (Å²) < 4.78 is 39.1. The summed E-state index contributed by atoms with van der Waals surface area (Å²) in [5.41, 5.74) is -0.0719. The van der Waals surface area contributed by atoms with Gasteiger partial charge >= 0.3 is 6.18 Å². The van der Waals surface area contributed by atoms with Gasteiger partial charge in [-0.15, -0.1) is 0 Å². The molecule has 0 radical (unpaired) electrons. The SMILES string of the molecule is CCc1ccccc1NC(=O)CC(=O)Nc1ccc(Cl)cc1C(F)(F)F. The number of nitrogens with one attached hydrogen (secondary N) is 2. The first-order valence-electron chi connectivity index (χ1n) is 7.75. The monoisotopic (exact) mass is 384 g/mol. The van der Waals surface area contributed by atoms with E-state index in [2.05, 4.69) is 10.6 Å². The molecule has 2 amide bonds. The summed E-state index contributed by atoms with van der Waals surface area (Å²) in [5, 5.41) is 4.59. The molecule has 0 saturated heterocycles. The van der Waals surface area contributed by atoms with E-state index < -0.39 is 35.7 Å². The second-order valence-electron chi connectivity index (χ2n) is 5.47. The Morgan fingerprint density at radius 2 is 1.62 bits per heavy atom. The molecule has 0 atom stereocenters. The van der Waals surface area contributed by atoms with Crippen molar-refractivity contribution in [2.75, 3.05) is 10.6 Å². The number of aryl methyl sites for hydroxylation is 1. The summed E-state index contributed by atoms with van der Waals surface area (Å²) in [6, 6.07) is 10.1. The maximum absolute atomic E-state index is 13.0. The number of alkyl halides is 3. The zero-order valence-corrected chi connectivity index (χ0v) is 14.5. The molecule has 0 fully saturated rings. The number of para-hydroxylation sites is 1. The van der Waals surface area contributed by atoms with E-state index in [1.807, 2.05) is 19.1 Å². The van der Waals surface area contributed by atoms with Crippen molar-refractivity contribution in [3.63, 3.8) is 0 Å². The van der Waals surface area contributed by atoms with Crippen LogP contribution in [0.4, 0.5) is 24.5 Å². The second kappa shape index (κ2) is 8.23. The van der Waals surface area contributed by atoms with Crippen molar-refractivity contribution in [2.24, 2.45) is 0 Å². The third-order valence-corrected chi connectivity index (χ3v) is 3.79. The Hall–Kier alpha value is -2.54. The highest BCUT2D eigenvalue weighted by Gasteiger charge is 2.34. The van der Waals surface area contributed by atoms with Crippen molar-refractivity contribution >= 4 is 34.8 Å². The first-order chi connectivity index (χ1) is 12.2. The number of hydrogen-bond donors (Lipinski definition) is 2. The van der Waals surface area contributed by atoms with Gasteiger partial charge in [0.25, 0.3) is 0 Å². The quantitative estimate of drug-likeness (QED) is 0.721. The van der Waals surface area contributed by atoms with Crippen molar-refractivity contribution in [2.45, 2.75) is 25.9 Å². The third kappa shape index (κ3) is 5.23. The molecule has 0 aliphatic heterocycles. The van der Waals surface area contributed by atoms with Crippen LogP contribution in [0.25, 0.3) is 0 Å². The lowest BCUT2D eigenvalue weighted by Crippen LogP contribution is -2.23. The maximum Gasteiger partial charge on any atom is 0.418 e. The fourth-order valence-corrected chi connectivity index (χ4v) is 2.52. The average molecular weight is 385 g/mol. The van der Waals surface area contributed by atoms with Crippen LogP contribution in [0.3, 0.4) is 0 Å². The van der Waals surface area contributed by atoms with Crippen LogP contribution in [0, 0.1) is 0 Å². The first-order valence-corrected chi connectivity index (χ1v) is 8.13. The average Bonchev–Trinajstić information content (AvgIpc) is 2.55. The van der Waals surface area contributed by atoms with E-state index in [4.69, 9.17) is 11.6 Å². The van der Waals surface area contributed by atoms with E-state index >= 15 is 0 Å². The molecule has 0 aromatic heterocycles. The first kappa shape index (κ1) is 19.8. The van der Waals surface area contributed by atoms with Crippen molar-refractivity contribution in [3.05, 3.63) is 58.6 Å². The molecule has 26 heavy (non-hydrogen) atoms. The molecular formula is C18H16ClF3N2O2. The molecule has 0 aliphatic carbocycles. The summed E-state index contributed by atoms with van der Waals surface area (Å²) >= 11 is 5.59. The van der Waals surface area contributed by atoms with Crippen LogP contribution in [0.5, 0.6) is 0 Å². The number of carbonyl (C=O) groups is 2. The third-order valence-electron chi connectivity index (χ3n) is 3.55. The maximum atomic E-state index is 13.0. The molecule has 0 bridgehead atoms. The van der Waals surface area contributed by atoms with Crippen molar-refractivity contribution in [1.29, 1.82) is 0 Å². The molecule has 2 N–H and O–H groups in total. The van der Waals surface area contributed by atoms with E-state index in [1.165, 1.54) is 6.07 Å². The van der Waals surface area contributed by atoms with Gasteiger partial charge in [-0.1, -0.05) is 36.7 Å². The highest BCUT2D eigenvalue weighted by molar-refractivity contribution is 6.30. The molecular weight excluding hydrogens is 369 g/mol. The van der Waals surface area contributed by atoms with Crippen molar-refractivity contribution in [3.8, 4) is 0 Å². The lowest BCUT2D eigenvalue weighted by molar-refractivity contribution is -0.137. The van der Waals surface area contributed by atoms with E-state index in [1.54, 1.807) is 12.1 Å². The van der Waals surface area contributed by atoms with Gasteiger partial charge in [0.2, 0.25) is 11.8 Å². The zero-order chi connectivity index (χ0) is 19.3. The predicted octanol–water partition coefficient (Wildman–Crippen LogP) is 4.89. The van der Waals surface area contributed by atoms with Gasteiger partial charge in [-0.25, -0.2) is 0 Å². The number of hydrogen-bond acceptors (Lipinski definition) is 2. The number of carbonyl (C=O) groups excluding carboxylic acids is 2. The molecule has 0 saturated carbocycles. The van der Waals surface area contributed by atoms with Gasteiger partial charge in [-0.2, -0.15) is 13.2 Å². The fraction of sp³-hybridized carbons (Fsp3) is 0.222. The second-order valence-corrected chi connectivity index (χ2v) is 5.91. The van der Waals surface area contributed by atoms with E-state index in [0.29, 0.717) is 18.2 Å². The normalized spacial score (nSPS) is 11.1. The smallest absolute Gasteiger partial charge is 0.325 e. The Morgan fingerprint density at radius 3 is 2.23 bits per heavy atom. The van der Waals surface area contributed by atoms with Crippen LogP contribution < -0.4 is 10.6 Å². The molecule has 2 rings (SSSR count). The highest BCUT2D eigenvalue weighted by atomic mass is 35.5. The Bertz CT molecular complexity index is 822. The number of anilines is 2. The zero-order valence-electron chi connectivity index (χ0n) is 13.8. The van der Waals surface area contributed by atoms with Gasteiger partial charge in [0.15, 0.2) is 0 Å². The molecule has 2 aromatic rings. The van der Waals surface area contributed by atoms with Gasteiger partial charge in [0.1, 0.15) is 6.42 Å². The molecule has 2 aromatic carbocycles. The molecule has 4 nitrogen and oxygen atoms in total. The molecule has 8 heteroatoms. The number of benzene rings is 2. The fourth-order valence-electron chi connectivity index (χ4n) is 2.35. The highest BCUT2D eigenvalue weighted by Crippen LogP contribution is 2.36. The lowest BCUT2D eigenvalue weighted by atomic mass is 10.1. The number of halogens is 4. The van der Waals surface area contributed by atoms with Gasteiger partial charge in [0.05, 0.1) is 11.3 Å². The molecule has 0 unspecified atom stereocenters. The predicted molar refractivity (Wildman–Crippen MR) is 94.2 cm³/mol. The Kier molecular flexibility index (Phi) is 6.26. The molecule has 138 valence electrons. The van der Waals surface area contributed by atoms with Gasteiger partial charge in [0, 0.05) is 10.7 Å². The van der Waals surface area contributed by atoms with E-state index in [-0.39, 0.29) is 5.02 Å². The minimum Gasteiger partial charge on any atom is -0.325 e. The van der Waals surface area contributed by atoms with E-state index in [0.717, 1.165) is 11.6 Å². The summed E-state index contributed by atoms with van der Waals surface area (Å²) in [6.07, 6.45) is -4.61. The number of rotatable bonds is 5. The summed E-state index contributed by atoms with van der Waals surface area (Å²) in [7, 11) is 0. The Balaban J connectivity index is 2.06. The van der Waals surface area contributed by atoms with Crippen LogP contribution in [0.2, 0.25) is 5.02 Å². The largest absolute Gasteiger partial charge is 0.418 e. The van der Waals surface area contributed by atoms with Crippen molar-refractivity contribution < 1.29 is 22.8 Å². The van der Waals surface area contributed by atoms with Crippen molar-refractivity contribution in [1.82, 2.24) is 0 Å². The van der Waals surface area contributed by atoms with E-state index in [9.17, 15) is 22.8 Å². The standard InChI is InChI=1S/C18H16ClF3N2O2/c1-2-11-5-3-4-6-14(11)23-16(25)10-17(26)24-15-8-7-12(19)9-13(15)18(20,21)22/h3-9H,2,10H2,1H3,(H,23,25)(H,24,26). The Morgan fingerprint density at radius 1 is 1.00 bits per heavy atom. The summed E-state index contributed by atoms with van der Waals surface area (Å²) in [4.78, 5) is 24.0. The van der Waals surface area contributed by atoms with Crippen LogP contribution >= 0.6 is 11.6 Å². The minimum absolute atomic E-state index is 0.107. The Labute approximate surface area is 153 Å². The molecule has 0 aliphatic rings. The lowest BCUT2D eigenvalue weighted by Gasteiger charge is -2.14. The molecule has 0 spiro atoms. The van der Waals surface area contributed by atoms with Crippen LogP contribution in [-0.2, 0) is 22.2 Å². The van der Waals surface area contributed by atoms with Gasteiger partial charge in [-0.05, 0) is 36.2 Å². The van der Waals surface area contributed by atoms with Gasteiger partial charge in [-0.3, -0.25) is 9.59 Å². The van der Waals surface area contributed by atoms with Gasteiger partial charge < -0.3 is 10.6 Å². The van der Waals surface area contributed by atoms with Crippen LogP contribution in [0.15, 0.2) is 42.5 Å². The topological polar surface area (TPSA) is 58.2 Å². The number of amides is 2. The summed E-state index contributed by atoms with van der Waals surface area (Å²) in [6.45, 7) is 1.91. The van der Waals surface area contributed by atoms with Crippen LogP contribution in [0.1, 0.15) is 24.5 Å².